The van der Waals surface area contributed by atoms with Gasteiger partial charge >= 0.3 is 0 Å². The molecule has 6 nitrogen and oxygen atoms in total. The number of nitrogens with one attached hydrogen (secondary N) is 1. The van der Waals surface area contributed by atoms with Crippen molar-refractivity contribution in [3.8, 4) is 16.9 Å². The van der Waals surface area contributed by atoms with Crippen LogP contribution in [0.5, 0.6) is 5.75 Å². The molecule has 0 bridgehead atoms. The molecular weight excluding hydrogens is 383 g/mol. The van der Waals surface area contributed by atoms with Gasteiger partial charge in [0.05, 0.1) is 17.2 Å². The fourth-order valence-electron chi connectivity index (χ4n) is 3.36. The smallest absolute Gasteiger partial charge is 0.262 e. The van der Waals surface area contributed by atoms with Crippen molar-refractivity contribution in [2.45, 2.75) is 26.4 Å². The van der Waals surface area contributed by atoms with E-state index < -0.39 is 0 Å². The molecule has 1 aliphatic heterocycles. The second-order valence-corrected chi connectivity index (χ2v) is 6.83. The Kier molecular flexibility index (Phi) is 5.00. The summed E-state index contributed by atoms with van der Waals surface area (Å²) in [6.07, 6.45) is 5.22. The SMILES string of the molecule is CCn1c(NCc2c(F)ccc3c2CCO3)ncc(-c2cncc(Cl)c2)c1=O. The van der Waals surface area contributed by atoms with Crippen LogP contribution < -0.4 is 15.6 Å². The van der Waals surface area contributed by atoms with E-state index in [1.165, 1.54) is 23.0 Å². The first kappa shape index (κ1) is 18.4. The van der Waals surface area contributed by atoms with Gasteiger partial charge in [0.15, 0.2) is 0 Å². The molecular formula is C20H18ClFN4O2. The standard InChI is InChI=1S/C20H18ClFN4O2/c1-2-26-19(27)15(12-7-13(21)9-23-8-12)10-24-20(26)25-11-16-14-5-6-28-18(14)4-3-17(16)22/h3-4,7-10H,2,5-6,11H2,1H3,(H,24,25). The molecule has 0 amide bonds. The lowest BCUT2D eigenvalue weighted by Gasteiger charge is -2.15. The van der Waals surface area contributed by atoms with Crippen LogP contribution in [0.1, 0.15) is 18.1 Å². The number of hydrogen-bond donors (Lipinski definition) is 1. The van der Waals surface area contributed by atoms with Crippen LogP contribution in [0.25, 0.3) is 11.1 Å². The van der Waals surface area contributed by atoms with E-state index in [4.69, 9.17) is 16.3 Å². The third-order valence-corrected chi connectivity index (χ3v) is 4.95. The zero-order valence-corrected chi connectivity index (χ0v) is 16.0. The highest BCUT2D eigenvalue weighted by molar-refractivity contribution is 6.30. The predicted octanol–water partition coefficient (Wildman–Crippen LogP) is 3.66. The predicted molar refractivity (Wildman–Crippen MR) is 105 cm³/mol. The van der Waals surface area contributed by atoms with Gasteiger partial charge in [-0.25, -0.2) is 9.37 Å². The normalized spacial score (nSPS) is 12.5. The number of nitrogens with zero attached hydrogens (tertiary/aromatic N) is 3. The quantitative estimate of drug-likeness (QED) is 0.707. The van der Waals surface area contributed by atoms with Crippen molar-refractivity contribution in [2.75, 3.05) is 11.9 Å². The van der Waals surface area contributed by atoms with Gasteiger partial charge in [-0.3, -0.25) is 14.3 Å². The molecule has 1 aromatic carbocycles. The minimum atomic E-state index is -0.302. The fraction of sp³-hybridized carbons (Fsp3) is 0.250. The maximum Gasteiger partial charge on any atom is 0.262 e. The van der Waals surface area contributed by atoms with Crippen LogP contribution in [0.4, 0.5) is 10.3 Å². The number of hydrogen-bond acceptors (Lipinski definition) is 5. The Morgan fingerprint density at radius 3 is 2.96 bits per heavy atom. The molecule has 3 heterocycles. The molecule has 4 rings (SSSR count). The first-order valence-corrected chi connectivity index (χ1v) is 9.34. The Labute approximate surface area is 166 Å². The highest BCUT2D eigenvalue weighted by atomic mass is 35.5. The van der Waals surface area contributed by atoms with Crippen LogP contribution in [0.15, 0.2) is 41.6 Å². The number of aromatic nitrogens is 3. The number of halogens is 2. The monoisotopic (exact) mass is 400 g/mol. The van der Waals surface area contributed by atoms with E-state index in [2.05, 4.69) is 15.3 Å². The van der Waals surface area contributed by atoms with Gasteiger partial charge in [-0.1, -0.05) is 11.6 Å². The number of anilines is 1. The van der Waals surface area contributed by atoms with E-state index in [9.17, 15) is 9.18 Å². The lowest BCUT2D eigenvalue weighted by molar-refractivity contribution is 0.356. The second kappa shape index (κ2) is 7.59. The summed E-state index contributed by atoms with van der Waals surface area (Å²) in [5.74, 6) is 0.786. The van der Waals surface area contributed by atoms with Crippen LogP contribution >= 0.6 is 11.6 Å². The summed E-state index contributed by atoms with van der Waals surface area (Å²) in [7, 11) is 0. The minimum Gasteiger partial charge on any atom is -0.493 e. The second-order valence-electron chi connectivity index (χ2n) is 6.39. The van der Waals surface area contributed by atoms with Gasteiger partial charge in [-0.2, -0.15) is 0 Å². The molecule has 28 heavy (non-hydrogen) atoms. The summed E-state index contributed by atoms with van der Waals surface area (Å²) >= 11 is 5.98. The third-order valence-electron chi connectivity index (χ3n) is 4.74. The summed E-state index contributed by atoms with van der Waals surface area (Å²) in [4.78, 5) is 21.3. The van der Waals surface area contributed by atoms with E-state index in [0.29, 0.717) is 53.0 Å². The van der Waals surface area contributed by atoms with Crippen LogP contribution in [-0.2, 0) is 19.5 Å². The molecule has 0 saturated heterocycles. The van der Waals surface area contributed by atoms with Crippen molar-refractivity contribution in [2.24, 2.45) is 0 Å². The molecule has 1 aliphatic rings. The van der Waals surface area contributed by atoms with E-state index >= 15 is 0 Å². The molecule has 0 unspecified atom stereocenters. The van der Waals surface area contributed by atoms with Crippen LogP contribution in [0.3, 0.4) is 0 Å². The van der Waals surface area contributed by atoms with E-state index in [1.807, 2.05) is 6.92 Å². The molecule has 0 saturated carbocycles. The molecule has 0 spiro atoms. The Bertz CT molecular complexity index is 1100. The molecule has 0 radical (unpaired) electrons. The number of benzene rings is 1. The van der Waals surface area contributed by atoms with Crippen molar-refractivity contribution in [1.82, 2.24) is 14.5 Å². The van der Waals surface area contributed by atoms with E-state index in [1.54, 1.807) is 18.3 Å². The molecule has 0 aliphatic carbocycles. The van der Waals surface area contributed by atoms with Crippen molar-refractivity contribution in [3.63, 3.8) is 0 Å². The zero-order chi connectivity index (χ0) is 19.7. The lowest BCUT2D eigenvalue weighted by Crippen LogP contribution is -2.25. The first-order chi connectivity index (χ1) is 13.6. The van der Waals surface area contributed by atoms with E-state index in [-0.39, 0.29) is 17.9 Å². The fourth-order valence-corrected chi connectivity index (χ4v) is 3.53. The minimum absolute atomic E-state index is 0.211. The number of rotatable bonds is 5. The molecule has 0 atom stereocenters. The maximum atomic E-state index is 14.3. The number of fused-ring (bicyclic) bond motifs is 1. The van der Waals surface area contributed by atoms with Gasteiger partial charge in [-0.15, -0.1) is 0 Å². The number of ether oxygens (including phenoxy) is 1. The van der Waals surface area contributed by atoms with Gasteiger partial charge < -0.3 is 10.1 Å². The summed E-state index contributed by atoms with van der Waals surface area (Å²) in [5.41, 5.74) is 2.19. The average molecular weight is 401 g/mol. The Hall–Kier alpha value is -2.93. The van der Waals surface area contributed by atoms with Gasteiger partial charge in [0.1, 0.15) is 11.6 Å². The molecule has 1 N–H and O–H groups in total. The van der Waals surface area contributed by atoms with Crippen molar-refractivity contribution in [1.29, 1.82) is 0 Å². The van der Waals surface area contributed by atoms with Crippen molar-refractivity contribution in [3.05, 3.63) is 69.1 Å². The van der Waals surface area contributed by atoms with Gasteiger partial charge in [0.25, 0.3) is 5.56 Å². The molecule has 3 aromatic rings. The van der Waals surface area contributed by atoms with Gasteiger partial charge in [-0.05, 0) is 25.1 Å². The van der Waals surface area contributed by atoms with Crippen LogP contribution in [0, 0.1) is 5.82 Å². The van der Waals surface area contributed by atoms with Gasteiger partial charge in [0.2, 0.25) is 5.95 Å². The largest absolute Gasteiger partial charge is 0.493 e. The van der Waals surface area contributed by atoms with Crippen molar-refractivity contribution >= 4 is 17.5 Å². The van der Waals surface area contributed by atoms with E-state index in [0.717, 1.165) is 5.56 Å². The van der Waals surface area contributed by atoms with Crippen LogP contribution in [0.2, 0.25) is 5.02 Å². The summed E-state index contributed by atoms with van der Waals surface area (Å²) < 4.78 is 21.3. The third kappa shape index (κ3) is 3.33. The molecule has 144 valence electrons. The Balaban J connectivity index is 1.66. The van der Waals surface area contributed by atoms with Crippen LogP contribution in [-0.4, -0.2) is 21.1 Å². The average Bonchev–Trinajstić information content (AvgIpc) is 3.16. The van der Waals surface area contributed by atoms with Crippen molar-refractivity contribution < 1.29 is 9.13 Å². The molecule has 0 fully saturated rings. The summed E-state index contributed by atoms with van der Waals surface area (Å²) in [6.45, 7) is 3.02. The zero-order valence-electron chi connectivity index (χ0n) is 15.2. The number of pyridine rings is 1. The highest BCUT2D eigenvalue weighted by Crippen LogP contribution is 2.30. The Morgan fingerprint density at radius 2 is 2.18 bits per heavy atom. The van der Waals surface area contributed by atoms with Gasteiger partial charge in [0, 0.05) is 54.8 Å². The topological polar surface area (TPSA) is 69.0 Å². The molecule has 8 heteroatoms. The molecule has 2 aromatic heterocycles. The first-order valence-electron chi connectivity index (χ1n) is 8.96. The summed E-state index contributed by atoms with van der Waals surface area (Å²) in [6, 6.07) is 4.72. The maximum absolute atomic E-state index is 14.3. The summed E-state index contributed by atoms with van der Waals surface area (Å²) in [5, 5.41) is 3.54. The lowest BCUT2D eigenvalue weighted by atomic mass is 10.0. The Morgan fingerprint density at radius 1 is 1.32 bits per heavy atom. The highest BCUT2D eigenvalue weighted by Gasteiger charge is 2.20.